The van der Waals surface area contributed by atoms with Crippen molar-refractivity contribution in [3.05, 3.63) is 59.1 Å². The van der Waals surface area contributed by atoms with Gasteiger partial charge < -0.3 is 10.1 Å². The van der Waals surface area contributed by atoms with E-state index in [9.17, 15) is 22.8 Å². The molecule has 2 aromatic rings. The minimum Gasteiger partial charge on any atom is -0.406 e. The van der Waals surface area contributed by atoms with Gasteiger partial charge in [-0.3, -0.25) is 9.59 Å². The predicted molar refractivity (Wildman–Crippen MR) is 106 cm³/mol. The Hall–Kier alpha value is -2.72. The van der Waals surface area contributed by atoms with E-state index in [0.29, 0.717) is 10.7 Å². The number of amides is 2. The second-order valence-corrected chi connectivity index (χ2v) is 6.88. The van der Waals surface area contributed by atoms with Crippen LogP contribution in [0.4, 0.5) is 18.9 Å². The molecule has 0 saturated carbocycles. The number of rotatable bonds is 8. The molecule has 0 saturated heterocycles. The smallest absolute Gasteiger partial charge is 0.406 e. The third kappa shape index (κ3) is 9.35. The number of hydrogen-bond donors (Lipinski definition) is 2. The van der Waals surface area contributed by atoms with Crippen molar-refractivity contribution < 1.29 is 27.5 Å². The molecule has 29 heavy (non-hydrogen) atoms. The second-order valence-electron chi connectivity index (χ2n) is 5.46. The zero-order chi connectivity index (χ0) is 21.3. The molecular formula is C18H15ClF3N3O3S. The molecule has 154 valence electrons. The van der Waals surface area contributed by atoms with Crippen LogP contribution in [-0.4, -0.2) is 35.9 Å². The summed E-state index contributed by atoms with van der Waals surface area (Å²) in [4.78, 5) is 23.5. The van der Waals surface area contributed by atoms with E-state index in [4.69, 9.17) is 11.6 Å². The number of nitrogens with one attached hydrogen (secondary N) is 2. The molecule has 2 N–H and O–H groups in total. The van der Waals surface area contributed by atoms with Crippen LogP contribution >= 0.6 is 23.4 Å². The van der Waals surface area contributed by atoms with Gasteiger partial charge in [-0.1, -0.05) is 23.7 Å². The first kappa shape index (κ1) is 22.6. The lowest BCUT2D eigenvalue weighted by molar-refractivity contribution is -0.274. The number of ether oxygens (including phenoxy) is 1. The maximum absolute atomic E-state index is 12.1. The Morgan fingerprint density at radius 3 is 2.28 bits per heavy atom. The molecule has 0 aromatic heterocycles. The maximum atomic E-state index is 12.1. The monoisotopic (exact) mass is 445 g/mol. The number of halogens is 4. The van der Waals surface area contributed by atoms with Gasteiger partial charge in [-0.05, 0) is 42.0 Å². The molecule has 2 amide bonds. The molecule has 6 nitrogen and oxygen atoms in total. The van der Waals surface area contributed by atoms with Crippen LogP contribution in [0.25, 0.3) is 0 Å². The summed E-state index contributed by atoms with van der Waals surface area (Å²) < 4.78 is 40.0. The normalized spacial score (nSPS) is 11.3. The predicted octanol–water partition coefficient (Wildman–Crippen LogP) is 4.06. The van der Waals surface area contributed by atoms with Gasteiger partial charge in [0, 0.05) is 10.7 Å². The highest BCUT2D eigenvalue weighted by Gasteiger charge is 2.30. The summed E-state index contributed by atoms with van der Waals surface area (Å²) in [6, 6.07) is 11.6. The molecule has 0 unspecified atom stereocenters. The van der Waals surface area contributed by atoms with Crippen molar-refractivity contribution in [1.29, 1.82) is 0 Å². The molecule has 11 heteroatoms. The van der Waals surface area contributed by atoms with Crippen LogP contribution in [0.3, 0.4) is 0 Å². The molecule has 0 atom stereocenters. The zero-order valence-corrected chi connectivity index (χ0v) is 16.3. The van der Waals surface area contributed by atoms with E-state index in [0.717, 1.165) is 29.5 Å². The van der Waals surface area contributed by atoms with Crippen molar-refractivity contribution in [1.82, 2.24) is 5.43 Å². The molecule has 0 bridgehead atoms. The molecule has 0 aliphatic heterocycles. The third-order valence-electron chi connectivity index (χ3n) is 3.11. The summed E-state index contributed by atoms with van der Waals surface area (Å²) >= 11 is 6.82. The van der Waals surface area contributed by atoms with E-state index in [1.807, 2.05) is 0 Å². The fourth-order valence-corrected chi connectivity index (χ4v) is 2.67. The lowest BCUT2D eigenvalue weighted by Crippen LogP contribution is -2.21. The highest BCUT2D eigenvalue weighted by Crippen LogP contribution is 2.24. The fraction of sp³-hybridized carbons (Fsp3) is 0.167. The highest BCUT2D eigenvalue weighted by molar-refractivity contribution is 8.00. The Labute approximate surface area is 173 Å². The van der Waals surface area contributed by atoms with E-state index in [1.165, 1.54) is 18.3 Å². The summed E-state index contributed by atoms with van der Waals surface area (Å²) in [7, 11) is 0. The van der Waals surface area contributed by atoms with Crippen molar-refractivity contribution >= 4 is 47.1 Å². The van der Waals surface area contributed by atoms with Crippen molar-refractivity contribution in [2.45, 2.75) is 6.36 Å². The van der Waals surface area contributed by atoms with Crippen LogP contribution in [-0.2, 0) is 9.59 Å². The number of thioether (sulfide) groups is 1. The van der Waals surface area contributed by atoms with E-state index < -0.39 is 12.3 Å². The number of benzene rings is 2. The number of nitrogens with zero attached hydrogens (tertiary/aromatic N) is 1. The van der Waals surface area contributed by atoms with Crippen LogP contribution in [0.1, 0.15) is 5.56 Å². The van der Waals surface area contributed by atoms with Gasteiger partial charge in [0.2, 0.25) is 11.8 Å². The number of hydrazone groups is 1. The zero-order valence-electron chi connectivity index (χ0n) is 14.7. The van der Waals surface area contributed by atoms with Gasteiger partial charge in [0.05, 0.1) is 17.7 Å². The maximum Gasteiger partial charge on any atom is 0.573 e. The molecule has 0 fully saturated rings. The molecule has 2 rings (SSSR count). The molecule has 2 aromatic carbocycles. The molecule has 0 aliphatic carbocycles. The Morgan fingerprint density at radius 2 is 1.66 bits per heavy atom. The summed E-state index contributed by atoms with van der Waals surface area (Å²) in [6.07, 6.45) is -3.32. The Kier molecular flexibility index (Phi) is 8.34. The van der Waals surface area contributed by atoms with E-state index >= 15 is 0 Å². The number of carbonyl (C=O) groups is 2. The van der Waals surface area contributed by atoms with Gasteiger partial charge >= 0.3 is 6.36 Å². The van der Waals surface area contributed by atoms with E-state index in [2.05, 4.69) is 20.6 Å². The van der Waals surface area contributed by atoms with Gasteiger partial charge in [-0.15, -0.1) is 24.9 Å². The van der Waals surface area contributed by atoms with Crippen LogP contribution in [0, 0.1) is 0 Å². The minimum absolute atomic E-state index is 0.00371. The quantitative estimate of drug-likeness (QED) is 0.474. The minimum atomic E-state index is -4.78. The highest BCUT2D eigenvalue weighted by atomic mass is 35.5. The number of alkyl halides is 3. The number of carbonyl (C=O) groups excluding carboxylic acids is 2. The van der Waals surface area contributed by atoms with Crippen molar-refractivity contribution in [2.75, 3.05) is 16.8 Å². The summed E-state index contributed by atoms with van der Waals surface area (Å²) in [5, 5.41) is 6.89. The average Bonchev–Trinajstić information content (AvgIpc) is 2.64. The number of anilines is 1. The van der Waals surface area contributed by atoms with Gasteiger partial charge in [-0.25, -0.2) is 5.43 Å². The van der Waals surface area contributed by atoms with Crippen LogP contribution in [0.2, 0.25) is 5.02 Å². The molecule has 0 aliphatic rings. The van der Waals surface area contributed by atoms with Crippen molar-refractivity contribution in [3.8, 4) is 5.75 Å². The summed E-state index contributed by atoms with van der Waals surface area (Å²) in [5.74, 6) is -1.20. The first-order valence-electron chi connectivity index (χ1n) is 8.02. The third-order valence-corrected chi connectivity index (χ3v) is 4.30. The molecule has 0 heterocycles. The van der Waals surface area contributed by atoms with Crippen molar-refractivity contribution in [3.63, 3.8) is 0 Å². The van der Waals surface area contributed by atoms with E-state index in [-0.39, 0.29) is 23.2 Å². The molecule has 0 spiro atoms. The summed E-state index contributed by atoms with van der Waals surface area (Å²) in [6.45, 7) is 0. The number of hydrogen-bond acceptors (Lipinski definition) is 5. The Morgan fingerprint density at radius 1 is 1.03 bits per heavy atom. The first-order valence-corrected chi connectivity index (χ1v) is 9.55. The standard InChI is InChI=1S/C18H15ClF3N3O3S/c19-13-3-1-12(2-4-13)9-23-25-17(27)11-29-10-16(26)24-14-5-7-15(8-6-14)28-18(20,21)22/h1-9H,10-11H2,(H,24,26)(H,25,27). The van der Waals surface area contributed by atoms with Crippen LogP contribution in [0.15, 0.2) is 53.6 Å². The second kappa shape index (κ2) is 10.7. The van der Waals surface area contributed by atoms with Crippen LogP contribution in [0.5, 0.6) is 5.75 Å². The Balaban J connectivity index is 1.67. The molecular weight excluding hydrogens is 431 g/mol. The van der Waals surface area contributed by atoms with Crippen molar-refractivity contribution in [2.24, 2.45) is 5.10 Å². The first-order chi connectivity index (χ1) is 13.7. The van der Waals surface area contributed by atoms with E-state index in [1.54, 1.807) is 24.3 Å². The SMILES string of the molecule is O=C(CSCC(=O)Nc1ccc(OC(F)(F)F)cc1)NN=Cc1ccc(Cl)cc1. The molecule has 0 radical (unpaired) electrons. The lowest BCUT2D eigenvalue weighted by atomic mass is 10.2. The Bertz CT molecular complexity index is 859. The average molecular weight is 446 g/mol. The van der Waals surface area contributed by atoms with Gasteiger partial charge in [0.15, 0.2) is 0 Å². The summed E-state index contributed by atoms with van der Waals surface area (Å²) in [5.41, 5.74) is 3.40. The van der Waals surface area contributed by atoms with Gasteiger partial charge in [-0.2, -0.15) is 5.10 Å². The lowest BCUT2D eigenvalue weighted by Gasteiger charge is -2.09. The largest absolute Gasteiger partial charge is 0.573 e. The van der Waals surface area contributed by atoms with Gasteiger partial charge in [0.1, 0.15) is 5.75 Å². The topological polar surface area (TPSA) is 79.8 Å². The van der Waals surface area contributed by atoms with Crippen LogP contribution < -0.4 is 15.5 Å². The van der Waals surface area contributed by atoms with Gasteiger partial charge in [0.25, 0.3) is 0 Å². The fourth-order valence-electron chi connectivity index (χ4n) is 1.93.